The summed E-state index contributed by atoms with van der Waals surface area (Å²) in [6, 6.07) is 0. The van der Waals surface area contributed by atoms with Gasteiger partial charge in [0, 0.05) is 6.42 Å². The fourth-order valence-electron chi connectivity index (χ4n) is 2.56. The largest absolute Gasteiger partial charge is 0.468 e. The van der Waals surface area contributed by atoms with Crippen molar-refractivity contribution in [2.75, 3.05) is 14.2 Å². The van der Waals surface area contributed by atoms with Crippen molar-refractivity contribution in [2.24, 2.45) is 10.8 Å². The maximum Gasteiger partial charge on any atom is 0.324 e. The van der Waals surface area contributed by atoms with E-state index in [1.165, 1.54) is 33.5 Å². The highest BCUT2D eigenvalue weighted by Crippen LogP contribution is 2.64. The normalized spacial score (nSPS) is 22.4. The Morgan fingerprint density at radius 1 is 1.10 bits per heavy atom. The van der Waals surface area contributed by atoms with Crippen molar-refractivity contribution in [3.05, 3.63) is 0 Å². The highest BCUT2D eigenvalue weighted by Gasteiger charge is 2.76. The molecule has 20 heavy (non-hydrogen) atoms. The molecule has 1 aliphatic carbocycles. The van der Waals surface area contributed by atoms with Gasteiger partial charge in [0.25, 0.3) is 0 Å². The first-order valence-corrected chi connectivity index (χ1v) is 7.15. The second kappa shape index (κ2) is 6.78. The van der Waals surface area contributed by atoms with Crippen LogP contribution < -0.4 is 0 Å². The Labute approximate surface area is 121 Å². The molecule has 0 amide bonds. The molecule has 0 heterocycles. The van der Waals surface area contributed by atoms with Crippen molar-refractivity contribution >= 4 is 11.9 Å². The molecule has 0 aromatic rings. The quantitative estimate of drug-likeness (QED) is 0.325. The van der Waals surface area contributed by atoms with E-state index in [4.69, 9.17) is 9.47 Å². The van der Waals surface area contributed by atoms with Gasteiger partial charge < -0.3 is 9.47 Å². The zero-order valence-corrected chi connectivity index (χ0v) is 12.9. The summed E-state index contributed by atoms with van der Waals surface area (Å²) in [7, 11) is 2.56. The van der Waals surface area contributed by atoms with Gasteiger partial charge in [-0.3, -0.25) is 9.59 Å². The van der Waals surface area contributed by atoms with E-state index in [-0.39, 0.29) is 0 Å². The van der Waals surface area contributed by atoms with Crippen LogP contribution in [-0.2, 0) is 19.1 Å². The maximum absolute atomic E-state index is 11.9. The van der Waals surface area contributed by atoms with E-state index < -0.39 is 22.8 Å². The lowest BCUT2D eigenvalue weighted by atomic mass is 9.94. The van der Waals surface area contributed by atoms with Crippen LogP contribution in [-0.4, -0.2) is 26.2 Å². The molecule has 0 bridgehead atoms. The average Bonchev–Trinajstić information content (AvgIpc) is 3.08. The lowest BCUT2D eigenvalue weighted by molar-refractivity contribution is -0.162. The lowest BCUT2D eigenvalue weighted by Gasteiger charge is -2.14. The Hall–Kier alpha value is -1.50. The summed E-state index contributed by atoms with van der Waals surface area (Å²) in [5, 5.41) is 0. The Bertz CT molecular complexity index is 413. The third-order valence-corrected chi connectivity index (χ3v) is 4.02. The van der Waals surface area contributed by atoms with Gasteiger partial charge in [-0.25, -0.2) is 0 Å². The highest BCUT2D eigenvalue weighted by molar-refractivity contribution is 6.05. The summed E-state index contributed by atoms with van der Waals surface area (Å²) in [5.74, 6) is 5.08. The zero-order valence-electron chi connectivity index (χ0n) is 12.9. The van der Waals surface area contributed by atoms with E-state index >= 15 is 0 Å². The molecular formula is C16H24O4. The molecule has 0 radical (unpaired) electrons. The van der Waals surface area contributed by atoms with Crippen LogP contribution in [0.15, 0.2) is 0 Å². The second-order valence-corrected chi connectivity index (χ2v) is 5.51. The first-order valence-electron chi connectivity index (χ1n) is 7.15. The van der Waals surface area contributed by atoms with Gasteiger partial charge in [0.1, 0.15) is 0 Å². The molecule has 1 atom stereocenters. The van der Waals surface area contributed by atoms with Gasteiger partial charge >= 0.3 is 11.9 Å². The second-order valence-electron chi connectivity index (χ2n) is 5.51. The van der Waals surface area contributed by atoms with E-state index in [0.29, 0.717) is 6.42 Å². The minimum absolute atomic E-state index is 0.376. The number of unbranched alkanes of at least 4 members (excludes halogenated alkanes) is 4. The van der Waals surface area contributed by atoms with Gasteiger partial charge in [0.05, 0.1) is 19.6 Å². The smallest absolute Gasteiger partial charge is 0.324 e. The van der Waals surface area contributed by atoms with Gasteiger partial charge in [0.2, 0.25) is 0 Å². The van der Waals surface area contributed by atoms with Gasteiger partial charge in [0.15, 0.2) is 5.41 Å². The molecule has 1 rings (SSSR count). The van der Waals surface area contributed by atoms with Gasteiger partial charge in [-0.2, -0.15) is 0 Å². The molecule has 0 spiro atoms. The Morgan fingerprint density at radius 2 is 1.70 bits per heavy atom. The monoisotopic (exact) mass is 280 g/mol. The minimum atomic E-state index is -1.23. The molecule has 1 aliphatic rings. The number of esters is 2. The highest BCUT2D eigenvalue weighted by atomic mass is 16.5. The van der Waals surface area contributed by atoms with Gasteiger partial charge in [-0.15, -0.1) is 5.92 Å². The molecule has 112 valence electrons. The van der Waals surface area contributed by atoms with Crippen molar-refractivity contribution in [3.63, 3.8) is 0 Å². The molecule has 0 saturated heterocycles. The van der Waals surface area contributed by atoms with E-state index in [9.17, 15) is 9.59 Å². The Morgan fingerprint density at radius 3 is 2.20 bits per heavy atom. The summed E-state index contributed by atoms with van der Waals surface area (Å²) < 4.78 is 9.50. The number of carbonyl (C=O) groups is 2. The number of rotatable bonds is 6. The van der Waals surface area contributed by atoms with Crippen LogP contribution in [0.25, 0.3) is 0 Å². The number of hydrogen-bond donors (Lipinski definition) is 0. The van der Waals surface area contributed by atoms with Crippen LogP contribution >= 0.6 is 0 Å². The van der Waals surface area contributed by atoms with Crippen LogP contribution in [0.4, 0.5) is 0 Å². The molecule has 1 saturated carbocycles. The van der Waals surface area contributed by atoms with E-state index in [0.717, 1.165) is 12.8 Å². The molecule has 0 aliphatic heterocycles. The van der Waals surface area contributed by atoms with Crippen LogP contribution in [0.2, 0.25) is 0 Å². The predicted octanol–water partition coefficient (Wildman–Crippen LogP) is 2.70. The Kier molecular flexibility index (Phi) is 5.62. The first kappa shape index (κ1) is 16.6. The van der Waals surface area contributed by atoms with Crippen molar-refractivity contribution in [1.29, 1.82) is 0 Å². The van der Waals surface area contributed by atoms with Crippen molar-refractivity contribution in [2.45, 2.75) is 52.4 Å². The van der Waals surface area contributed by atoms with Gasteiger partial charge in [-0.05, 0) is 19.8 Å². The zero-order chi connectivity index (χ0) is 15.2. The van der Waals surface area contributed by atoms with Crippen LogP contribution in [0.5, 0.6) is 0 Å². The molecule has 1 unspecified atom stereocenters. The number of methoxy groups -OCH3 is 2. The number of hydrogen-bond acceptors (Lipinski definition) is 4. The minimum Gasteiger partial charge on any atom is -0.468 e. The van der Waals surface area contributed by atoms with E-state index in [2.05, 4.69) is 18.8 Å². The van der Waals surface area contributed by atoms with E-state index in [1.807, 2.05) is 6.92 Å². The molecule has 0 aromatic carbocycles. The van der Waals surface area contributed by atoms with Crippen molar-refractivity contribution in [1.82, 2.24) is 0 Å². The van der Waals surface area contributed by atoms with Crippen LogP contribution in [0.3, 0.4) is 0 Å². The molecule has 4 nitrogen and oxygen atoms in total. The summed E-state index contributed by atoms with van der Waals surface area (Å²) in [4.78, 5) is 23.8. The van der Waals surface area contributed by atoms with Crippen LogP contribution in [0, 0.1) is 22.7 Å². The molecule has 4 heteroatoms. The van der Waals surface area contributed by atoms with Crippen LogP contribution in [0.1, 0.15) is 52.4 Å². The number of carbonyl (C=O) groups excluding carboxylic acids is 2. The third kappa shape index (κ3) is 2.98. The van der Waals surface area contributed by atoms with E-state index in [1.54, 1.807) is 0 Å². The SMILES string of the molecule is CCCCCCC#CC1(C)CC1(C(=O)OC)C(=O)OC. The standard InChI is InChI=1S/C16H24O4/c1-5-6-7-8-9-10-11-15(2)12-16(15,13(17)19-3)14(18)20-4/h5-9,12H2,1-4H3. The topological polar surface area (TPSA) is 52.6 Å². The summed E-state index contributed by atoms with van der Waals surface area (Å²) in [6.07, 6.45) is 5.81. The predicted molar refractivity (Wildman–Crippen MR) is 75.7 cm³/mol. The fraction of sp³-hybridized carbons (Fsp3) is 0.750. The molecule has 0 aromatic heterocycles. The average molecular weight is 280 g/mol. The lowest BCUT2D eigenvalue weighted by Crippen LogP contribution is -2.33. The summed E-state index contributed by atoms with van der Waals surface area (Å²) >= 11 is 0. The summed E-state index contributed by atoms with van der Waals surface area (Å²) in [5.41, 5.74) is -1.88. The maximum atomic E-state index is 11.9. The molecular weight excluding hydrogens is 256 g/mol. The number of ether oxygens (including phenoxy) is 2. The van der Waals surface area contributed by atoms with Crippen molar-refractivity contribution < 1.29 is 19.1 Å². The van der Waals surface area contributed by atoms with Gasteiger partial charge in [-0.1, -0.05) is 32.1 Å². The fourth-order valence-corrected chi connectivity index (χ4v) is 2.56. The third-order valence-electron chi connectivity index (χ3n) is 4.02. The molecule has 1 fully saturated rings. The first-order chi connectivity index (χ1) is 9.48. The molecule has 0 N–H and O–H groups in total. The van der Waals surface area contributed by atoms with Crippen molar-refractivity contribution in [3.8, 4) is 11.8 Å². The summed E-state index contributed by atoms with van der Waals surface area (Å²) in [6.45, 7) is 3.98. The Balaban J connectivity index is 2.68.